The fourth-order valence-corrected chi connectivity index (χ4v) is 4.75. The third kappa shape index (κ3) is 3.40. The predicted octanol–water partition coefficient (Wildman–Crippen LogP) is 3.44. The van der Waals surface area contributed by atoms with E-state index in [4.69, 9.17) is 9.15 Å². The summed E-state index contributed by atoms with van der Waals surface area (Å²) >= 11 is 0. The monoisotopic (exact) mass is 344 g/mol. The Bertz CT molecular complexity index is 750. The van der Waals surface area contributed by atoms with Crippen LogP contribution in [0.3, 0.4) is 0 Å². The van der Waals surface area contributed by atoms with Crippen LogP contribution in [-0.2, 0) is 4.74 Å². The SMILES string of the molecule is COCC1CCC(N2CCC(n3c(=O)oc4ccccc43)CC2)CC1. The standard InChI is InChI=1S/C20H28N2O3/c1-24-14-15-6-8-16(9-7-15)21-12-10-17(11-13-21)22-18-4-2-3-5-19(18)25-20(22)23/h2-5,15-17H,6-14H2,1H3. The van der Waals surface area contributed by atoms with Gasteiger partial charge in [0.05, 0.1) is 5.52 Å². The molecule has 0 bridgehead atoms. The van der Waals surface area contributed by atoms with E-state index >= 15 is 0 Å². The Hall–Kier alpha value is -1.59. The van der Waals surface area contributed by atoms with Gasteiger partial charge in [-0.1, -0.05) is 12.1 Å². The van der Waals surface area contributed by atoms with E-state index in [0.717, 1.165) is 44.0 Å². The van der Waals surface area contributed by atoms with Gasteiger partial charge in [-0.05, 0) is 56.6 Å². The minimum Gasteiger partial charge on any atom is -0.408 e. The van der Waals surface area contributed by atoms with Crippen molar-refractivity contribution in [3.05, 3.63) is 34.8 Å². The Morgan fingerprint density at radius 2 is 1.76 bits per heavy atom. The highest BCUT2D eigenvalue weighted by Crippen LogP contribution is 2.32. The molecule has 0 spiro atoms. The van der Waals surface area contributed by atoms with Gasteiger partial charge in [0.1, 0.15) is 0 Å². The first-order valence-corrected chi connectivity index (χ1v) is 9.59. The van der Waals surface area contributed by atoms with Gasteiger partial charge in [-0.2, -0.15) is 0 Å². The molecule has 136 valence electrons. The van der Waals surface area contributed by atoms with Gasteiger partial charge in [-0.25, -0.2) is 4.79 Å². The summed E-state index contributed by atoms with van der Waals surface area (Å²) in [4.78, 5) is 14.9. The quantitative estimate of drug-likeness (QED) is 0.852. The molecule has 0 N–H and O–H groups in total. The number of methoxy groups -OCH3 is 1. The summed E-state index contributed by atoms with van der Waals surface area (Å²) in [7, 11) is 1.80. The molecule has 0 unspecified atom stereocenters. The number of rotatable bonds is 4. The molecule has 5 heteroatoms. The molecule has 1 aliphatic heterocycles. The van der Waals surface area contributed by atoms with E-state index in [0.29, 0.717) is 11.6 Å². The Labute approximate surface area is 148 Å². The van der Waals surface area contributed by atoms with Crippen molar-refractivity contribution >= 4 is 11.1 Å². The molecule has 0 radical (unpaired) electrons. The van der Waals surface area contributed by atoms with Crippen LogP contribution in [0.15, 0.2) is 33.5 Å². The van der Waals surface area contributed by atoms with Gasteiger partial charge >= 0.3 is 5.76 Å². The minimum atomic E-state index is -0.209. The van der Waals surface area contributed by atoms with Crippen molar-refractivity contribution < 1.29 is 9.15 Å². The van der Waals surface area contributed by atoms with Gasteiger partial charge in [0, 0.05) is 38.9 Å². The molecule has 1 saturated carbocycles. The summed E-state index contributed by atoms with van der Waals surface area (Å²) in [5, 5.41) is 0. The first-order valence-electron chi connectivity index (χ1n) is 9.59. The molecule has 2 aliphatic rings. The number of aromatic nitrogens is 1. The number of para-hydroxylation sites is 2. The highest BCUT2D eigenvalue weighted by atomic mass is 16.5. The van der Waals surface area contributed by atoms with E-state index in [1.165, 1.54) is 25.7 Å². The number of benzene rings is 1. The number of hydrogen-bond acceptors (Lipinski definition) is 4. The molecule has 0 atom stereocenters. The van der Waals surface area contributed by atoms with E-state index in [1.807, 2.05) is 28.8 Å². The van der Waals surface area contributed by atoms with E-state index in [9.17, 15) is 4.79 Å². The average molecular weight is 344 g/mol. The zero-order chi connectivity index (χ0) is 17.2. The number of oxazole rings is 1. The molecular weight excluding hydrogens is 316 g/mol. The smallest absolute Gasteiger partial charge is 0.408 e. The van der Waals surface area contributed by atoms with Crippen molar-refractivity contribution in [1.82, 2.24) is 9.47 Å². The Kier molecular flexibility index (Phi) is 4.95. The minimum absolute atomic E-state index is 0.209. The lowest BCUT2D eigenvalue weighted by atomic mass is 9.85. The molecule has 2 fully saturated rings. The molecule has 2 aromatic rings. The normalized spacial score (nSPS) is 26.3. The van der Waals surface area contributed by atoms with Crippen molar-refractivity contribution in [3.8, 4) is 0 Å². The van der Waals surface area contributed by atoms with Crippen LogP contribution in [0, 0.1) is 5.92 Å². The van der Waals surface area contributed by atoms with Gasteiger partial charge < -0.3 is 14.1 Å². The van der Waals surface area contributed by atoms with Crippen LogP contribution >= 0.6 is 0 Å². The second kappa shape index (κ2) is 7.34. The lowest BCUT2D eigenvalue weighted by Gasteiger charge is -2.40. The van der Waals surface area contributed by atoms with E-state index in [2.05, 4.69) is 4.90 Å². The lowest BCUT2D eigenvalue weighted by molar-refractivity contribution is 0.0710. The van der Waals surface area contributed by atoms with Gasteiger partial charge in [0.25, 0.3) is 0 Å². The van der Waals surface area contributed by atoms with Crippen LogP contribution in [-0.4, -0.2) is 42.3 Å². The van der Waals surface area contributed by atoms with Crippen LogP contribution in [0.1, 0.15) is 44.6 Å². The molecule has 4 rings (SSSR count). The maximum atomic E-state index is 12.3. The van der Waals surface area contributed by atoms with Gasteiger partial charge in [0.2, 0.25) is 0 Å². The summed E-state index contributed by atoms with van der Waals surface area (Å²) in [5.74, 6) is 0.536. The van der Waals surface area contributed by atoms with Gasteiger partial charge in [0.15, 0.2) is 5.58 Å². The van der Waals surface area contributed by atoms with Crippen molar-refractivity contribution in [2.75, 3.05) is 26.8 Å². The Balaban J connectivity index is 1.39. The third-order valence-corrected chi connectivity index (χ3v) is 6.12. The van der Waals surface area contributed by atoms with E-state index < -0.39 is 0 Å². The fraction of sp³-hybridized carbons (Fsp3) is 0.650. The first kappa shape index (κ1) is 16.9. The number of ether oxygens (including phenoxy) is 1. The topological polar surface area (TPSA) is 47.6 Å². The van der Waals surface area contributed by atoms with Crippen LogP contribution in [0.5, 0.6) is 0 Å². The predicted molar refractivity (Wildman–Crippen MR) is 97.9 cm³/mol. The molecular formula is C20H28N2O3. The molecule has 25 heavy (non-hydrogen) atoms. The number of fused-ring (bicyclic) bond motifs is 1. The molecule has 1 aromatic heterocycles. The summed E-state index contributed by atoms with van der Waals surface area (Å²) in [5.41, 5.74) is 1.64. The zero-order valence-corrected chi connectivity index (χ0v) is 15.0. The van der Waals surface area contributed by atoms with Crippen LogP contribution in [0.4, 0.5) is 0 Å². The van der Waals surface area contributed by atoms with Crippen LogP contribution < -0.4 is 5.76 Å². The van der Waals surface area contributed by atoms with Crippen LogP contribution in [0.2, 0.25) is 0 Å². The number of nitrogens with zero attached hydrogens (tertiary/aromatic N) is 2. The molecule has 1 saturated heterocycles. The summed E-state index contributed by atoms with van der Waals surface area (Å²) in [6.45, 7) is 3.07. The van der Waals surface area contributed by atoms with Crippen molar-refractivity contribution in [2.45, 2.75) is 50.6 Å². The molecule has 0 amide bonds. The zero-order valence-electron chi connectivity index (χ0n) is 15.0. The second-order valence-corrected chi connectivity index (χ2v) is 7.60. The van der Waals surface area contributed by atoms with Crippen molar-refractivity contribution in [1.29, 1.82) is 0 Å². The highest BCUT2D eigenvalue weighted by molar-refractivity contribution is 5.72. The lowest BCUT2D eigenvalue weighted by Crippen LogP contribution is -2.44. The first-order chi connectivity index (χ1) is 12.3. The number of piperidine rings is 1. The molecule has 1 aliphatic carbocycles. The van der Waals surface area contributed by atoms with Crippen molar-refractivity contribution in [2.24, 2.45) is 5.92 Å². The summed E-state index contributed by atoms with van der Waals surface area (Å²) in [6, 6.07) is 8.73. The highest BCUT2D eigenvalue weighted by Gasteiger charge is 2.30. The third-order valence-electron chi connectivity index (χ3n) is 6.12. The van der Waals surface area contributed by atoms with Crippen LogP contribution in [0.25, 0.3) is 11.1 Å². The maximum absolute atomic E-state index is 12.3. The number of likely N-dealkylation sites (tertiary alicyclic amines) is 1. The summed E-state index contributed by atoms with van der Waals surface area (Å²) < 4.78 is 12.6. The van der Waals surface area contributed by atoms with Gasteiger partial charge in [-0.3, -0.25) is 4.57 Å². The van der Waals surface area contributed by atoms with E-state index in [-0.39, 0.29) is 11.8 Å². The van der Waals surface area contributed by atoms with Crippen molar-refractivity contribution in [3.63, 3.8) is 0 Å². The molecule has 1 aromatic carbocycles. The van der Waals surface area contributed by atoms with Gasteiger partial charge in [-0.15, -0.1) is 0 Å². The fourth-order valence-electron chi connectivity index (χ4n) is 4.75. The average Bonchev–Trinajstić information content (AvgIpc) is 2.98. The second-order valence-electron chi connectivity index (χ2n) is 7.60. The number of hydrogen-bond donors (Lipinski definition) is 0. The Morgan fingerprint density at radius 1 is 1.04 bits per heavy atom. The summed E-state index contributed by atoms with van der Waals surface area (Å²) in [6.07, 6.45) is 7.19. The Morgan fingerprint density at radius 3 is 2.48 bits per heavy atom. The molecule has 5 nitrogen and oxygen atoms in total. The molecule has 2 heterocycles. The maximum Gasteiger partial charge on any atom is 0.420 e. The largest absolute Gasteiger partial charge is 0.420 e. The van der Waals surface area contributed by atoms with E-state index in [1.54, 1.807) is 7.11 Å².